The predicted molar refractivity (Wildman–Crippen MR) is 54.3 cm³/mol. The fourth-order valence-corrected chi connectivity index (χ4v) is 1.05. The van der Waals surface area contributed by atoms with E-state index in [-0.39, 0.29) is 0 Å². The van der Waals surface area contributed by atoms with E-state index >= 15 is 0 Å². The van der Waals surface area contributed by atoms with Crippen LogP contribution in [-0.4, -0.2) is 14.2 Å². The number of hydrogen-bond donors (Lipinski definition) is 0. The van der Waals surface area contributed by atoms with E-state index in [0.717, 1.165) is 22.6 Å². The van der Waals surface area contributed by atoms with Crippen LogP contribution in [0.25, 0.3) is 5.57 Å². The zero-order valence-corrected chi connectivity index (χ0v) is 8.26. The second kappa shape index (κ2) is 3.99. The highest BCUT2D eigenvalue weighted by molar-refractivity contribution is 5.64. The highest BCUT2D eigenvalue weighted by Crippen LogP contribution is 2.25. The summed E-state index contributed by atoms with van der Waals surface area (Å²) in [7, 11) is 3.27. The molecule has 0 unspecified atom stereocenters. The van der Waals surface area contributed by atoms with Gasteiger partial charge < -0.3 is 9.47 Å². The van der Waals surface area contributed by atoms with Crippen molar-refractivity contribution < 1.29 is 9.47 Å². The summed E-state index contributed by atoms with van der Waals surface area (Å²) in [4.78, 5) is 0. The van der Waals surface area contributed by atoms with Crippen molar-refractivity contribution >= 4 is 5.57 Å². The molecule has 2 nitrogen and oxygen atoms in total. The standard InChI is InChI=1S/C11H14O2/c1-8(2)9-5-10(12-3)7-11(6-9)13-4/h5-7H,1H2,2-4H3. The van der Waals surface area contributed by atoms with Crippen molar-refractivity contribution in [3.8, 4) is 11.5 Å². The zero-order valence-electron chi connectivity index (χ0n) is 8.26. The molecule has 1 aromatic rings. The minimum absolute atomic E-state index is 0.789. The Morgan fingerprint density at radius 2 is 1.54 bits per heavy atom. The third kappa shape index (κ3) is 2.25. The van der Waals surface area contributed by atoms with Gasteiger partial charge in [0.1, 0.15) is 11.5 Å². The SMILES string of the molecule is C=C(C)c1cc(OC)cc(OC)c1. The minimum atomic E-state index is 0.789. The third-order valence-electron chi connectivity index (χ3n) is 1.84. The van der Waals surface area contributed by atoms with Gasteiger partial charge >= 0.3 is 0 Å². The van der Waals surface area contributed by atoms with Gasteiger partial charge in [-0.3, -0.25) is 0 Å². The Balaban J connectivity index is 3.14. The number of methoxy groups -OCH3 is 2. The lowest BCUT2D eigenvalue weighted by atomic mass is 10.1. The first kappa shape index (κ1) is 9.65. The van der Waals surface area contributed by atoms with Crippen LogP contribution in [0.1, 0.15) is 12.5 Å². The van der Waals surface area contributed by atoms with Gasteiger partial charge in [-0.05, 0) is 24.6 Å². The minimum Gasteiger partial charge on any atom is -0.497 e. The molecule has 0 aliphatic carbocycles. The number of hydrogen-bond acceptors (Lipinski definition) is 2. The molecule has 0 saturated heterocycles. The maximum Gasteiger partial charge on any atom is 0.123 e. The molecule has 0 saturated carbocycles. The van der Waals surface area contributed by atoms with E-state index in [4.69, 9.17) is 9.47 Å². The molecule has 0 amide bonds. The Kier molecular flexibility index (Phi) is 2.96. The van der Waals surface area contributed by atoms with Crippen LogP contribution in [0.3, 0.4) is 0 Å². The van der Waals surface area contributed by atoms with Crippen molar-refractivity contribution in [2.24, 2.45) is 0 Å². The van der Waals surface area contributed by atoms with Crippen molar-refractivity contribution in [2.75, 3.05) is 14.2 Å². The summed E-state index contributed by atoms with van der Waals surface area (Å²) in [5.74, 6) is 1.58. The number of benzene rings is 1. The molecule has 0 spiro atoms. The van der Waals surface area contributed by atoms with Gasteiger partial charge in [-0.1, -0.05) is 12.2 Å². The second-order valence-corrected chi connectivity index (χ2v) is 2.88. The van der Waals surface area contributed by atoms with Crippen LogP contribution in [0.15, 0.2) is 24.8 Å². The lowest BCUT2D eigenvalue weighted by Gasteiger charge is -2.07. The molecule has 0 atom stereocenters. The predicted octanol–water partition coefficient (Wildman–Crippen LogP) is 2.74. The summed E-state index contributed by atoms with van der Waals surface area (Å²) in [5, 5.41) is 0. The Hall–Kier alpha value is -1.44. The first-order chi connectivity index (χ1) is 6.17. The summed E-state index contributed by atoms with van der Waals surface area (Å²) >= 11 is 0. The maximum absolute atomic E-state index is 5.13. The third-order valence-corrected chi connectivity index (χ3v) is 1.84. The molecule has 0 fully saturated rings. The number of rotatable bonds is 3. The molecular weight excluding hydrogens is 164 g/mol. The number of allylic oxidation sites excluding steroid dienone is 1. The van der Waals surface area contributed by atoms with Crippen LogP contribution >= 0.6 is 0 Å². The van der Waals surface area contributed by atoms with Gasteiger partial charge in [0, 0.05) is 6.07 Å². The fourth-order valence-electron chi connectivity index (χ4n) is 1.05. The molecule has 1 rings (SSSR count). The van der Waals surface area contributed by atoms with Crippen molar-refractivity contribution in [1.82, 2.24) is 0 Å². The van der Waals surface area contributed by atoms with Crippen molar-refractivity contribution in [2.45, 2.75) is 6.92 Å². The van der Waals surface area contributed by atoms with E-state index in [1.165, 1.54) is 0 Å². The quantitative estimate of drug-likeness (QED) is 0.708. The molecule has 2 heteroatoms. The monoisotopic (exact) mass is 178 g/mol. The lowest BCUT2D eigenvalue weighted by Crippen LogP contribution is -1.89. The molecule has 0 heterocycles. The van der Waals surface area contributed by atoms with Gasteiger partial charge in [0.15, 0.2) is 0 Å². The molecule has 13 heavy (non-hydrogen) atoms. The van der Waals surface area contributed by atoms with Gasteiger partial charge in [-0.15, -0.1) is 0 Å². The van der Waals surface area contributed by atoms with E-state index in [1.807, 2.05) is 25.1 Å². The normalized spacial score (nSPS) is 9.46. The van der Waals surface area contributed by atoms with Crippen LogP contribution < -0.4 is 9.47 Å². The van der Waals surface area contributed by atoms with Gasteiger partial charge in [0.2, 0.25) is 0 Å². The van der Waals surface area contributed by atoms with Gasteiger partial charge in [0.05, 0.1) is 14.2 Å². The Morgan fingerprint density at radius 1 is 1.08 bits per heavy atom. The topological polar surface area (TPSA) is 18.5 Å². The smallest absolute Gasteiger partial charge is 0.123 e. The van der Waals surface area contributed by atoms with E-state index in [1.54, 1.807) is 14.2 Å². The van der Waals surface area contributed by atoms with Gasteiger partial charge in [-0.25, -0.2) is 0 Å². The number of ether oxygens (including phenoxy) is 2. The van der Waals surface area contributed by atoms with E-state index < -0.39 is 0 Å². The molecule has 0 aromatic heterocycles. The van der Waals surface area contributed by atoms with E-state index in [9.17, 15) is 0 Å². The summed E-state index contributed by atoms with van der Waals surface area (Å²) < 4.78 is 10.3. The van der Waals surface area contributed by atoms with Crippen LogP contribution in [0.5, 0.6) is 11.5 Å². The van der Waals surface area contributed by atoms with Crippen molar-refractivity contribution in [3.63, 3.8) is 0 Å². The van der Waals surface area contributed by atoms with Crippen molar-refractivity contribution in [1.29, 1.82) is 0 Å². The summed E-state index contributed by atoms with van der Waals surface area (Å²) in [6, 6.07) is 5.71. The first-order valence-electron chi connectivity index (χ1n) is 4.06. The molecule has 0 radical (unpaired) electrons. The zero-order chi connectivity index (χ0) is 9.84. The van der Waals surface area contributed by atoms with Crippen LogP contribution in [0.4, 0.5) is 0 Å². The first-order valence-corrected chi connectivity index (χ1v) is 4.06. The van der Waals surface area contributed by atoms with Gasteiger partial charge in [0.25, 0.3) is 0 Å². The van der Waals surface area contributed by atoms with E-state index in [0.29, 0.717) is 0 Å². The summed E-state index contributed by atoms with van der Waals surface area (Å²) in [5.41, 5.74) is 2.04. The Morgan fingerprint density at radius 3 is 1.85 bits per heavy atom. The lowest BCUT2D eigenvalue weighted by molar-refractivity contribution is 0.394. The Bertz CT molecular complexity index is 294. The molecule has 0 bridgehead atoms. The average molecular weight is 178 g/mol. The van der Waals surface area contributed by atoms with Crippen LogP contribution in [0.2, 0.25) is 0 Å². The Labute approximate surface area is 78.8 Å². The summed E-state index contributed by atoms with van der Waals surface area (Å²) in [6.07, 6.45) is 0. The molecule has 0 aliphatic heterocycles. The molecule has 1 aromatic carbocycles. The largest absolute Gasteiger partial charge is 0.497 e. The second-order valence-electron chi connectivity index (χ2n) is 2.88. The molecule has 0 aliphatic rings. The summed E-state index contributed by atoms with van der Waals surface area (Å²) in [6.45, 7) is 5.82. The fraction of sp³-hybridized carbons (Fsp3) is 0.273. The van der Waals surface area contributed by atoms with Crippen LogP contribution in [0, 0.1) is 0 Å². The average Bonchev–Trinajstić information content (AvgIpc) is 2.16. The van der Waals surface area contributed by atoms with Crippen molar-refractivity contribution in [3.05, 3.63) is 30.3 Å². The van der Waals surface area contributed by atoms with Crippen LogP contribution in [-0.2, 0) is 0 Å². The highest BCUT2D eigenvalue weighted by atomic mass is 16.5. The maximum atomic E-state index is 5.13. The molecule has 0 N–H and O–H groups in total. The van der Waals surface area contributed by atoms with Gasteiger partial charge in [-0.2, -0.15) is 0 Å². The molecule has 70 valence electrons. The van der Waals surface area contributed by atoms with E-state index in [2.05, 4.69) is 6.58 Å². The highest BCUT2D eigenvalue weighted by Gasteiger charge is 2.01. The molecular formula is C11H14O2.